The van der Waals surface area contributed by atoms with Gasteiger partial charge in [0.1, 0.15) is 6.10 Å². The van der Waals surface area contributed by atoms with Crippen molar-refractivity contribution in [1.82, 2.24) is 0 Å². The van der Waals surface area contributed by atoms with Crippen LogP contribution >= 0.6 is 0 Å². The lowest BCUT2D eigenvalue weighted by Crippen LogP contribution is -2.43. The predicted molar refractivity (Wildman–Crippen MR) is 48.4 cm³/mol. The summed E-state index contributed by atoms with van der Waals surface area (Å²) in [7, 11) is 0. The molecule has 0 bridgehead atoms. The second kappa shape index (κ2) is 4.03. The van der Waals surface area contributed by atoms with Gasteiger partial charge in [0.05, 0.1) is 0 Å². The van der Waals surface area contributed by atoms with Gasteiger partial charge in [-0.15, -0.1) is 0 Å². The van der Waals surface area contributed by atoms with E-state index in [1.807, 2.05) is 32.9 Å². The number of carbonyl (C=O) groups excluding carboxylic acids is 1. The Bertz CT molecular complexity index is 308. The molecular weight excluding hydrogens is 166 g/mol. The van der Waals surface area contributed by atoms with Crippen LogP contribution < -0.4 is 4.57 Å². The van der Waals surface area contributed by atoms with E-state index < -0.39 is 0 Å². The Morgan fingerprint density at radius 1 is 1.54 bits per heavy atom. The fraction of sp³-hybridized carbons (Fsp3) is 0.400. The molecule has 0 N–H and O–H groups in total. The van der Waals surface area contributed by atoms with E-state index in [4.69, 9.17) is 4.74 Å². The number of nitrogens with zero attached hydrogens (tertiary/aromatic N) is 1. The van der Waals surface area contributed by atoms with Crippen LogP contribution in [0.2, 0.25) is 0 Å². The zero-order valence-electron chi connectivity index (χ0n) is 8.15. The molecule has 0 aliphatic rings. The first-order valence-corrected chi connectivity index (χ1v) is 4.28. The molecule has 0 saturated carbocycles. The summed E-state index contributed by atoms with van der Waals surface area (Å²) in [5.41, 5.74) is 1.03. The van der Waals surface area contributed by atoms with Crippen molar-refractivity contribution in [3.63, 3.8) is 0 Å². The van der Waals surface area contributed by atoms with E-state index in [2.05, 4.69) is 0 Å². The molecule has 13 heavy (non-hydrogen) atoms. The number of hydrogen-bond donors (Lipinski definition) is 0. The van der Waals surface area contributed by atoms with E-state index in [1.54, 1.807) is 12.4 Å². The zero-order chi connectivity index (χ0) is 9.84. The van der Waals surface area contributed by atoms with Gasteiger partial charge < -0.3 is 4.74 Å². The maximum Gasteiger partial charge on any atom is 0.602 e. The maximum atomic E-state index is 11.3. The summed E-state index contributed by atoms with van der Waals surface area (Å²) < 4.78 is 6.46. The number of carbonyl (C=O) groups is 1. The number of aromatic nitrogens is 1. The first kappa shape index (κ1) is 9.71. The van der Waals surface area contributed by atoms with Gasteiger partial charge in [0.15, 0.2) is 12.4 Å². The van der Waals surface area contributed by atoms with Crippen LogP contribution in [0.15, 0.2) is 24.5 Å². The standard InChI is InChI=1S/C10H14NO2/c1-8(2)13-10(12)11-6-4-5-9(3)7-11/h4-8H,1-3H3/q+1. The van der Waals surface area contributed by atoms with Crippen molar-refractivity contribution in [2.75, 3.05) is 0 Å². The van der Waals surface area contributed by atoms with Gasteiger partial charge in [-0.1, -0.05) is 4.57 Å². The fourth-order valence-corrected chi connectivity index (χ4v) is 0.969. The molecular formula is C10H14NO2+. The lowest BCUT2D eigenvalue weighted by Gasteiger charge is -2.02. The predicted octanol–water partition coefficient (Wildman–Crippen LogP) is 1.68. The molecule has 0 amide bonds. The first-order valence-electron chi connectivity index (χ1n) is 4.28. The summed E-state index contributed by atoms with van der Waals surface area (Å²) in [5.74, 6) is 0. The number of rotatable bonds is 1. The molecule has 3 nitrogen and oxygen atoms in total. The van der Waals surface area contributed by atoms with Crippen LogP contribution in [-0.4, -0.2) is 12.2 Å². The highest BCUT2D eigenvalue weighted by Crippen LogP contribution is 1.92. The number of ether oxygens (including phenoxy) is 1. The Morgan fingerprint density at radius 2 is 2.23 bits per heavy atom. The summed E-state index contributed by atoms with van der Waals surface area (Å²) >= 11 is 0. The average Bonchev–Trinajstić information content (AvgIpc) is 2.03. The van der Waals surface area contributed by atoms with E-state index in [0.29, 0.717) is 0 Å². The Kier molecular flexibility index (Phi) is 3.01. The van der Waals surface area contributed by atoms with Crippen molar-refractivity contribution in [2.24, 2.45) is 0 Å². The molecule has 0 unspecified atom stereocenters. The van der Waals surface area contributed by atoms with Crippen LogP contribution in [-0.2, 0) is 4.74 Å². The molecule has 0 saturated heterocycles. The molecule has 1 aromatic heterocycles. The number of pyridine rings is 1. The zero-order valence-corrected chi connectivity index (χ0v) is 8.15. The Morgan fingerprint density at radius 3 is 2.77 bits per heavy atom. The van der Waals surface area contributed by atoms with Crippen LogP contribution in [0, 0.1) is 6.92 Å². The van der Waals surface area contributed by atoms with E-state index >= 15 is 0 Å². The molecule has 0 fully saturated rings. The van der Waals surface area contributed by atoms with Gasteiger partial charge in [0.25, 0.3) is 0 Å². The summed E-state index contributed by atoms with van der Waals surface area (Å²) in [6.07, 6.45) is 3.00. The van der Waals surface area contributed by atoms with Crippen LogP contribution in [0.5, 0.6) is 0 Å². The minimum absolute atomic E-state index is 0.0829. The molecule has 1 aromatic rings. The van der Waals surface area contributed by atoms with Crippen molar-refractivity contribution in [3.05, 3.63) is 30.1 Å². The Labute approximate surface area is 78.0 Å². The second-order valence-electron chi connectivity index (χ2n) is 3.22. The van der Waals surface area contributed by atoms with Crippen LogP contribution in [0.4, 0.5) is 4.79 Å². The fourth-order valence-electron chi connectivity index (χ4n) is 0.969. The minimum atomic E-state index is -0.335. The molecule has 0 aliphatic heterocycles. The molecule has 0 spiro atoms. The smallest absolute Gasteiger partial charge is 0.409 e. The van der Waals surface area contributed by atoms with E-state index in [1.165, 1.54) is 4.57 Å². The highest BCUT2D eigenvalue weighted by atomic mass is 16.6. The second-order valence-corrected chi connectivity index (χ2v) is 3.22. The molecule has 1 heterocycles. The molecule has 0 aliphatic carbocycles. The Hall–Kier alpha value is -1.38. The van der Waals surface area contributed by atoms with Crippen LogP contribution in [0.3, 0.4) is 0 Å². The molecule has 0 radical (unpaired) electrons. The number of hydrogen-bond acceptors (Lipinski definition) is 2. The summed E-state index contributed by atoms with van der Waals surface area (Å²) in [4.78, 5) is 11.3. The third kappa shape index (κ3) is 2.86. The molecule has 70 valence electrons. The molecule has 3 heteroatoms. The van der Waals surface area contributed by atoms with Crippen molar-refractivity contribution in [3.8, 4) is 0 Å². The van der Waals surface area contributed by atoms with Crippen molar-refractivity contribution in [2.45, 2.75) is 26.9 Å². The first-order chi connectivity index (χ1) is 6.09. The monoisotopic (exact) mass is 180 g/mol. The summed E-state index contributed by atoms with van der Waals surface area (Å²) in [5, 5.41) is 0. The molecule has 0 atom stereocenters. The maximum absolute atomic E-state index is 11.3. The summed E-state index contributed by atoms with van der Waals surface area (Å²) in [6.45, 7) is 5.58. The lowest BCUT2D eigenvalue weighted by atomic mass is 10.3. The van der Waals surface area contributed by atoms with Gasteiger partial charge in [-0.05, 0) is 26.8 Å². The van der Waals surface area contributed by atoms with Crippen molar-refractivity contribution < 1.29 is 14.1 Å². The van der Waals surface area contributed by atoms with Gasteiger partial charge in [-0.25, -0.2) is 0 Å². The van der Waals surface area contributed by atoms with Crippen molar-refractivity contribution >= 4 is 6.09 Å². The van der Waals surface area contributed by atoms with E-state index in [-0.39, 0.29) is 12.2 Å². The van der Waals surface area contributed by atoms with Crippen LogP contribution in [0.25, 0.3) is 0 Å². The number of aryl methyl sites for hydroxylation is 1. The molecule has 1 rings (SSSR count). The normalized spacial score (nSPS) is 10.2. The largest absolute Gasteiger partial charge is 0.602 e. The SMILES string of the molecule is Cc1ccc[n+](C(=O)OC(C)C)c1. The van der Waals surface area contributed by atoms with Crippen molar-refractivity contribution in [1.29, 1.82) is 0 Å². The highest BCUT2D eigenvalue weighted by Gasteiger charge is 2.16. The van der Waals surface area contributed by atoms with E-state index in [0.717, 1.165) is 5.56 Å². The minimum Gasteiger partial charge on any atom is -0.409 e. The summed E-state index contributed by atoms with van der Waals surface area (Å²) in [6, 6.07) is 3.75. The van der Waals surface area contributed by atoms with Gasteiger partial charge in [-0.3, -0.25) is 0 Å². The average molecular weight is 180 g/mol. The van der Waals surface area contributed by atoms with Gasteiger partial charge in [0, 0.05) is 11.6 Å². The van der Waals surface area contributed by atoms with E-state index in [9.17, 15) is 4.79 Å². The third-order valence-corrected chi connectivity index (χ3v) is 1.50. The van der Waals surface area contributed by atoms with Crippen LogP contribution in [0.1, 0.15) is 19.4 Å². The Balaban J connectivity index is 2.77. The third-order valence-electron chi connectivity index (χ3n) is 1.50. The van der Waals surface area contributed by atoms with Gasteiger partial charge in [0.2, 0.25) is 0 Å². The van der Waals surface area contributed by atoms with Gasteiger partial charge >= 0.3 is 6.09 Å². The highest BCUT2D eigenvalue weighted by molar-refractivity contribution is 5.56. The lowest BCUT2D eigenvalue weighted by molar-refractivity contribution is -0.587. The van der Waals surface area contributed by atoms with Gasteiger partial charge in [-0.2, -0.15) is 4.79 Å². The topological polar surface area (TPSA) is 30.2 Å². The molecule has 0 aromatic carbocycles. The quantitative estimate of drug-likeness (QED) is 0.615.